The van der Waals surface area contributed by atoms with Gasteiger partial charge in [-0.15, -0.1) is 0 Å². The molecule has 2 fully saturated rings. The second-order valence-corrected chi connectivity index (χ2v) is 7.22. The molecule has 2 heterocycles. The van der Waals surface area contributed by atoms with E-state index in [9.17, 15) is 0 Å². The van der Waals surface area contributed by atoms with Gasteiger partial charge in [-0.05, 0) is 30.6 Å². The molecule has 2 aliphatic heterocycles. The lowest BCUT2D eigenvalue weighted by Gasteiger charge is -2.45. The van der Waals surface area contributed by atoms with Crippen molar-refractivity contribution in [2.24, 2.45) is 17.8 Å². The van der Waals surface area contributed by atoms with Gasteiger partial charge in [0, 0.05) is 44.9 Å². The molecule has 3 atom stereocenters. The Hall–Kier alpha value is -0.120. The van der Waals surface area contributed by atoms with Gasteiger partial charge >= 0.3 is 0 Å². The molecule has 0 radical (unpaired) electrons. The number of ether oxygens (including phenoxy) is 1. The first-order valence-electron chi connectivity index (χ1n) is 8.67. The summed E-state index contributed by atoms with van der Waals surface area (Å²) in [7, 11) is 0. The van der Waals surface area contributed by atoms with Gasteiger partial charge in [-0.2, -0.15) is 0 Å². The van der Waals surface area contributed by atoms with E-state index in [1.165, 1.54) is 32.4 Å². The Morgan fingerprint density at radius 2 is 1.90 bits per heavy atom. The van der Waals surface area contributed by atoms with E-state index in [4.69, 9.17) is 4.74 Å². The van der Waals surface area contributed by atoms with E-state index in [0.29, 0.717) is 12.1 Å². The molecule has 2 saturated heterocycles. The summed E-state index contributed by atoms with van der Waals surface area (Å²) in [5.41, 5.74) is 0. The lowest BCUT2D eigenvalue weighted by molar-refractivity contribution is 0.0225. The van der Waals surface area contributed by atoms with Crippen molar-refractivity contribution < 1.29 is 4.74 Å². The fourth-order valence-corrected chi connectivity index (χ4v) is 3.65. The van der Waals surface area contributed by atoms with Crippen molar-refractivity contribution >= 4 is 0 Å². The van der Waals surface area contributed by atoms with Gasteiger partial charge in [0.05, 0.1) is 0 Å². The highest BCUT2D eigenvalue weighted by atomic mass is 16.5. The predicted molar refractivity (Wildman–Crippen MR) is 85.0 cm³/mol. The summed E-state index contributed by atoms with van der Waals surface area (Å²) in [6.07, 6.45) is 3.78. The van der Waals surface area contributed by atoms with E-state index < -0.39 is 0 Å². The van der Waals surface area contributed by atoms with E-state index in [-0.39, 0.29) is 0 Å². The van der Waals surface area contributed by atoms with Gasteiger partial charge in [0.25, 0.3) is 0 Å². The van der Waals surface area contributed by atoms with Crippen molar-refractivity contribution in [1.29, 1.82) is 0 Å². The van der Waals surface area contributed by atoms with Crippen LogP contribution >= 0.6 is 0 Å². The van der Waals surface area contributed by atoms with Gasteiger partial charge in [0.15, 0.2) is 0 Å². The number of nitrogens with one attached hydrogen (secondary N) is 1. The van der Waals surface area contributed by atoms with Crippen LogP contribution in [0.5, 0.6) is 0 Å². The normalized spacial score (nSPS) is 31.6. The molecule has 20 heavy (non-hydrogen) atoms. The zero-order valence-electron chi connectivity index (χ0n) is 13.9. The van der Waals surface area contributed by atoms with Crippen LogP contribution in [0.1, 0.15) is 47.0 Å². The molecular formula is C17H34N2O. The van der Waals surface area contributed by atoms with Gasteiger partial charge in [0.2, 0.25) is 0 Å². The average molecular weight is 282 g/mol. The van der Waals surface area contributed by atoms with Crippen molar-refractivity contribution in [1.82, 2.24) is 10.2 Å². The second kappa shape index (κ2) is 7.77. The van der Waals surface area contributed by atoms with Crippen LogP contribution in [0.25, 0.3) is 0 Å². The van der Waals surface area contributed by atoms with Gasteiger partial charge in [0.1, 0.15) is 0 Å². The van der Waals surface area contributed by atoms with E-state index in [2.05, 4.69) is 37.9 Å². The minimum atomic E-state index is 0.676. The van der Waals surface area contributed by atoms with Gasteiger partial charge < -0.3 is 10.1 Å². The SMILES string of the molecule is CCC(C)C1CN(CC2CCOCC2)C(C(C)C)CN1. The summed E-state index contributed by atoms with van der Waals surface area (Å²) >= 11 is 0. The number of nitrogens with zero attached hydrogens (tertiary/aromatic N) is 1. The number of hydrogen-bond donors (Lipinski definition) is 1. The monoisotopic (exact) mass is 282 g/mol. The van der Waals surface area contributed by atoms with Gasteiger partial charge in [-0.1, -0.05) is 34.1 Å². The Balaban J connectivity index is 1.94. The first-order chi connectivity index (χ1) is 9.61. The van der Waals surface area contributed by atoms with Gasteiger partial charge in [-0.3, -0.25) is 4.90 Å². The molecular weight excluding hydrogens is 248 g/mol. The Kier molecular flexibility index (Phi) is 6.31. The summed E-state index contributed by atoms with van der Waals surface area (Å²) in [5, 5.41) is 3.80. The van der Waals surface area contributed by atoms with Crippen LogP contribution in [0.3, 0.4) is 0 Å². The van der Waals surface area contributed by atoms with Crippen LogP contribution in [0, 0.1) is 17.8 Å². The molecule has 0 aliphatic carbocycles. The minimum absolute atomic E-state index is 0.676. The molecule has 0 aromatic carbocycles. The highest BCUT2D eigenvalue weighted by molar-refractivity contribution is 4.90. The van der Waals surface area contributed by atoms with E-state index >= 15 is 0 Å². The Labute approximate surface area is 125 Å². The summed E-state index contributed by atoms with van der Waals surface area (Å²) < 4.78 is 5.51. The van der Waals surface area contributed by atoms with Crippen LogP contribution in [0.15, 0.2) is 0 Å². The van der Waals surface area contributed by atoms with Crippen molar-refractivity contribution in [2.75, 3.05) is 32.8 Å². The first kappa shape index (κ1) is 16.3. The lowest BCUT2D eigenvalue weighted by atomic mass is 9.90. The van der Waals surface area contributed by atoms with Crippen LogP contribution in [-0.2, 0) is 4.74 Å². The maximum absolute atomic E-state index is 5.51. The summed E-state index contributed by atoms with van der Waals surface area (Å²) in [4.78, 5) is 2.79. The Morgan fingerprint density at radius 3 is 2.50 bits per heavy atom. The maximum Gasteiger partial charge on any atom is 0.0469 e. The van der Waals surface area contributed by atoms with Gasteiger partial charge in [-0.25, -0.2) is 0 Å². The third-order valence-corrected chi connectivity index (χ3v) is 5.42. The van der Waals surface area contributed by atoms with E-state index in [1.807, 2.05) is 0 Å². The van der Waals surface area contributed by atoms with Crippen LogP contribution in [-0.4, -0.2) is 49.8 Å². The molecule has 118 valence electrons. The van der Waals surface area contributed by atoms with E-state index in [1.54, 1.807) is 0 Å². The molecule has 3 unspecified atom stereocenters. The van der Waals surface area contributed by atoms with Crippen LogP contribution < -0.4 is 5.32 Å². The maximum atomic E-state index is 5.51. The third-order valence-electron chi connectivity index (χ3n) is 5.42. The third kappa shape index (κ3) is 4.19. The predicted octanol–water partition coefficient (Wildman–Crippen LogP) is 2.76. The van der Waals surface area contributed by atoms with Crippen molar-refractivity contribution in [2.45, 2.75) is 59.0 Å². The quantitative estimate of drug-likeness (QED) is 0.839. The standard InChI is InChI=1S/C17H34N2O/c1-5-14(4)16-12-19(17(10-18-16)13(2)3)11-15-6-8-20-9-7-15/h13-18H,5-12H2,1-4H3. The first-order valence-corrected chi connectivity index (χ1v) is 8.67. The molecule has 3 nitrogen and oxygen atoms in total. The Bertz CT molecular complexity index is 274. The topological polar surface area (TPSA) is 24.5 Å². The fraction of sp³-hybridized carbons (Fsp3) is 1.00. The number of rotatable bonds is 5. The van der Waals surface area contributed by atoms with E-state index in [0.717, 1.165) is 37.5 Å². The van der Waals surface area contributed by atoms with Crippen LogP contribution in [0.4, 0.5) is 0 Å². The highest BCUT2D eigenvalue weighted by Gasteiger charge is 2.33. The minimum Gasteiger partial charge on any atom is -0.381 e. The highest BCUT2D eigenvalue weighted by Crippen LogP contribution is 2.24. The summed E-state index contributed by atoms with van der Waals surface area (Å²) in [5.74, 6) is 2.36. The molecule has 2 rings (SSSR count). The molecule has 0 aromatic heterocycles. The van der Waals surface area contributed by atoms with Crippen LogP contribution in [0.2, 0.25) is 0 Å². The van der Waals surface area contributed by atoms with Crippen molar-refractivity contribution in [3.8, 4) is 0 Å². The molecule has 0 amide bonds. The zero-order valence-corrected chi connectivity index (χ0v) is 13.9. The Morgan fingerprint density at radius 1 is 1.20 bits per heavy atom. The summed E-state index contributed by atoms with van der Waals surface area (Å²) in [6, 6.07) is 1.38. The number of piperazine rings is 1. The number of hydrogen-bond acceptors (Lipinski definition) is 3. The molecule has 0 spiro atoms. The average Bonchev–Trinajstić information content (AvgIpc) is 2.47. The lowest BCUT2D eigenvalue weighted by Crippen LogP contribution is -2.60. The second-order valence-electron chi connectivity index (χ2n) is 7.22. The molecule has 2 aliphatic rings. The van der Waals surface area contributed by atoms with Crippen molar-refractivity contribution in [3.05, 3.63) is 0 Å². The fourth-order valence-electron chi connectivity index (χ4n) is 3.65. The zero-order chi connectivity index (χ0) is 14.5. The van der Waals surface area contributed by atoms with Crippen molar-refractivity contribution in [3.63, 3.8) is 0 Å². The summed E-state index contributed by atoms with van der Waals surface area (Å²) in [6.45, 7) is 15.0. The molecule has 1 N–H and O–H groups in total. The smallest absolute Gasteiger partial charge is 0.0469 e. The molecule has 0 aromatic rings. The molecule has 3 heteroatoms. The molecule has 0 bridgehead atoms. The largest absolute Gasteiger partial charge is 0.381 e. The molecule has 0 saturated carbocycles.